The Morgan fingerprint density at radius 2 is 1.19 bits per heavy atom. The minimum atomic E-state index is -2.00. The molecule has 1 heteroatoms. The Balaban J connectivity index is 2.99. The van der Waals surface area contributed by atoms with Gasteiger partial charge in [-0.1, -0.05) is 0 Å². The molecule has 0 spiro atoms. The van der Waals surface area contributed by atoms with E-state index < -0.39 is 18.4 Å². The van der Waals surface area contributed by atoms with Gasteiger partial charge in [-0.2, -0.15) is 0 Å². The molecule has 0 atom stereocenters. The van der Waals surface area contributed by atoms with Crippen LogP contribution in [0.5, 0.6) is 0 Å². The molecule has 1 rings (SSSR count). The molecule has 90 valence electrons. The molecule has 0 aliphatic rings. The van der Waals surface area contributed by atoms with Gasteiger partial charge >= 0.3 is 106 Å². The van der Waals surface area contributed by atoms with Crippen molar-refractivity contribution in [3.63, 3.8) is 0 Å². The van der Waals surface area contributed by atoms with Crippen molar-refractivity contribution in [2.45, 2.75) is 53.3 Å². The summed E-state index contributed by atoms with van der Waals surface area (Å²) in [7, 11) is 0. The molecular weight excluding hydrogens is 299 g/mol. The van der Waals surface area contributed by atoms with E-state index in [4.69, 9.17) is 0 Å². The zero-order valence-electron chi connectivity index (χ0n) is 11.1. The van der Waals surface area contributed by atoms with Crippen LogP contribution in [-0.2, 0) is 0 Å². The normalized spacial score (nSPS) is 11.7. The van der Waals surface area contributed by atoms with Crippen LogP contribution < -0.4 is 3.58 Å². The predicted octanol–water partition coefficient (Wildman–Crippen LogP) is 4.57. The van der Waals surface area contributed by atoms with E-state index in [1.807, 2.05) is 0 Å². The third-order valence-corrected chi connectivity index (χ3v) is 20.5. The van der Waals surface area contributed by atoms with E-state index in [0.29, 0.717) is 0 Å². The van der Waals surface area contributed by atoms with Crippen LogP contribution in [0.1, 0.15) is 40.0 Å². The maximum atomic E-state index is 2.41. The molecule has 0 saturated carbocycles. The van der Waals surface area contributed by atoms with Crippen LogP contribution in [0.3, 0.4) is 0 Å². The van der Waals surface area contributed by atoms with Crippen LogP contribution in [0.15, 0.2) is 30.3 Å². The SMILES string of the molecule is CC[CH2][Sn]([CH2]CC)([CH2]CC)[c]1ccccc1. The van der Waals surface area contributed by atoms with Crippen LogP contribution in [0.4, 0.5) is 0 Å². The van der Waals surface area contributed by atoms with E-state index in [1.165, 1.54) is 19.3 Å². The Bertz CT molecular complexity index is 262. The van der Waals surface area contributed by atoms with E-state index in [-0.39, 0.29) is 0 Å². The monoisotopic (exact) mass is 326 g/mol. The van der Waals surface area contributed by atoms with Crippen LogP contribution in [-0.4, -0.2) is 18.4 Å². The average molecular weight is 325 g/mol. The van der Waals surface area contributed by atoms with Gasteiger partial charge in [0.2, 0.25) is 0 Å². The minimum absolute atomic E-state index is 1.38. The van der Waals surface area contributed by atoms with Gasteiger partial charge in [0, 0.05) is 0 Å². The third kappa shape index (κ3) is 3.51. The van der Waals surface area contributed by atoms with Crippen LogP contribution in [0.25, 0.3) is 0 Å². The van der Waals surface area contributed by atoms with Crippen LogP contribution in [0, 0.1) is 0 Å². The summed E-state index contributed by atoms with van der Waals surface area (Å²) in [5.41, 5.74) is 0. The first-order valence-electron chi connectivity index (χ1n) is 6.84. The summed E-state index contributed by atoms with van der Waals surface area (Å²) in [5, 5.41) is 0. The fourth-order valence-corrected chi connectivity index (χ4v) is 18.4. The first-order chi connectivity index (χ1) is 7.79. The van der Waals surface area contributed by atoms with Crippen molar-refractivity contribution in [3.8, 4) is 0 Å². The number of benzene rings is 1. The van der Waals surface area contributed by atoms with Crippen molar-refractivity contribution in [1.82, 2.24) is 0 Å². The molecule has 0 heterocycles. The van der Waals surface area contributed by atoms with Crippen molar-refractivity contribution >= 4 is 22.0 Å². The first kappa shape index (κ1) is 14.1. The van der Waals surface area contributed by atoms with Crippen molar-refractivity contribution in [3.05, 3.63) is 30.3 Å². The maximum absolute atomic E-state index is 2.41. The Labute approximate surface area is 105 Å². The van der Waals surface area contributed by atoms with Gasteiger partial charge in [-0.25, -0.2) is 0 Å². The molecule has 0 aliphatic heterocycles. The Morgan fingerprint density at radius 1 is 0.750 bits per heavy atom. The van der Waals surface area contributed by atoms with Gasteiger partial charge in [-0.3, -0.25) is 0 Å². The second kappa shape index (κ2) is 7.37. The van der Waals surface area contributed by atoms with E-state index >= 15 is 0 Å². The van der Waals surface area contributed by atoms with E-state index in [2.05, 4.69) is 51.1 Å². The standard InChI is InChI=1S/C6H5.3C3H7.Sn/c1-2-4-6-5-3-1;3*1-3-2;/h1-5H;3*1,3H2,2H3;. The molecule has 1 aromatic rings. The van der Waals surface area contributed by atoms with E-state index in [0.717, 1.165) is 0 Å². The summed E-state index contributed by atoms with van der Waals surface area (Å²) in [6, 6.07) is 11.5. The second-order valence-corrected chi connectivity index (χ2v) is 18.1. The van der Waals surface area contributed by atoms with Gasteiger partial charge in [-0.05, 0) is 0 Å². The second-order valence-electron chi connectivity index (χ2n) is 4.90. The Kier molecular flexibility index (Phi) is 6.48. The van der Waals surface area contributed by atoms with Gasteiger partial charge in [0.15, 0.2) is 0 Å². The summed E-state index contributed by atoms with van der Waals surface area (Å²) in [6.45, 7) is 7.08. The fraction of sp³-hybridized carbons (Fsp3) is 0.600. The zero-order valence-corrected chi connectivity index (χ0v) is 14.0. The van der Waals surface area contributed by atoms with Crippen molar-refractivity contribution < 1.29 is 0 Å². The number of rotatable bonds is 7. The summed E-state index contributed by atoms with van der Waals surface area (Å²) < 4.78 is 6.39. The van der Waals surface area contributed by atoms with Crippen molar-refractivity contribution in [2.75, 3.05) is 0 Å². The molecule has 0 saturated heterocycles. The summed E-state index contributed by atoms with van der Waals surface area (Å²) in [4.78, 5) is 0. The van der Waals surface area contributed by atoms with Crippen molar-refractivity contribution in [1.29, 1.82) is 0 Å². The molecule has 16 heavy (non-hydrogen) atoms. The molecule has 0 N–H and O–H groups in total. The van der Waals surface area contributed by atoms with Gasteiger partial charge < -0.3 is 0 Å². The molecule has 1 aromatic carbocycles. The molecule has 0 unspecified atom stereocenters. The molecule has 0 fully saturated rings. The molecule has 0 radical (unpaired) electrons. The molecule has 0 amide bonds. The molecule has 0 aromatic heterocycles. The predicted molar refractivity (Wildman–Crippen MR) is 77.1 cm³/mol. The van der Waals surface area contributed by atoms with Crippen molar-refractivity contribution in [2.24, 2.45) is 0 Å². The van der Waals surface area contributed by atoms with Gasteiger partial charge in [0.05, 0.1) is 0 Å². The molecular formula is C15H26Sn. The molecule has 0 nitrogen and oxygen atoms in total. The fourth-order valence-electron chi connectivity index (χ4n) is 3.04. The average Bonchev–Trinajstić information content (AvgIpc) is 2.31. The van der Waals surface area contributed by atoms with Gasteiger partial charge in [-0.15, -0.1) is 0 Å². The first-order valence-corrected chi connectivity index (χ1v) is 14.3. The van der Waals surface area contributed by atoms with E-state index in [9.17, 15) is 0 Å². The summed E-state index contributed by atoms with van der Waals surface area (Å²) in [6.07, 6.45) is 4.14. The van der Waals surface area contributed by atoms with Gasteiger partial charge in [0.1, 0.15) is 0 Å². The quantitative estimate of drug-likeness (QED) is 0.644. The summed E-state index contributed by atoms with van der Waals surface area (Å²) in [5.74, 6) is 0. The topological polar surface area (TPSA) is 0 Å². The Morgan fingerprint density at radius 3 is 1.56 bits per heavy atom. The summed E-state index contributed by atoms with van der Waals surface area (Å²) >= 11 is -2.00. The Hall–Kier alpha value is 0.0187. The van der Waals surface area contributed by atoms with Gasteiger partial charge in [0.25, 0.3) is 0 Å². The number of hydrogen-bond donors (Lipinski definition) is 0. The van der Waals surface area contributed by atoms with Crippen LogP contribution in [0.2, 0.25) is 13.3 Å². The molecule has 0 aliphatic carbocycles. The van der Waals surface area contributed by atoms with Crippen LogP contribution >= 0.6 is 0 Å². The van der Waals surface area contributed by atoms with E-state index in [1.54, 1.807) is 16.9 Å². The zero-order chi connectivity index (χ0) is 11.9. The molecule has 0 bridgehead atoms. The number of hydrogen-bond acceptors (Lipinski definition) is 0. The third-order valence-electron chi connectivity index (χ3n) is 3.57.